The molecule has 2 aromatic carbocycles. The van der Waals surface area contributed by atoms with Gasteiger partial charge in [-0.2, -0.15) is 0 Å². The van der Waals surface area contributed by atoms with Gasteiger partial charge in [0.05, 0.1) is 5.92 Å². The fourth-order valence-corrected chi connectivity index (χ4v) is 3.08. The average Bonchev–Trinajstić information content (AvgIpc) is 2.96. The van der Waals surface area contributed by atoms with E-state index in [4.69, 9.17) is 11.6 Å². The van der Waals surface area contributed by atoms with Crippen LogP contribution in [0.2, 0.25) is 5.02 Å². The van der Waals surface area contributed by atoms with Gasteiger partial charge in [0.2, 0.25) is 11.8 Å². The number of likely N-dealkylation sites (tertiary alicyclic amines) is 1. The van der Waals surface area contributed by atoms with Crippen LogP contribution in [0.25, 0.3) is 0 Å². The van der Waals surface area contributed by atoms with E-state index in [2.05, 4.69) is 5.32 Å². The van der Waals surface area contributed by atoms with Crippen molar-refractivity contribution < 1.29 is 9.59 Å². The zero-order valence-corrected chi connectivity index (χ0v) is 14.0. The van der Waals surface area contributed by atoms with Gasteiger partial charge in [0, 0.05) is 31.1 Å². The number of amides is 2. The molecule has 1 atom stereocenters. The van der Waals surface area contributed by atoms with E-state index < -0.39 is 0 Å². The van der Waals surface area contributed by atoms with Gasteiger partial charge < -0.3 is 10.2 Å². The molecule has 1 saturated heterocycles. The number of carbonyl (C=O) groups is 2. The van der Waals surface area contributed by atoms with Gasteiger partial charge >= 0.3 is 0 Å². The number of nitrogens with zero attached hydrogens (tertiary/aromatic N) is 1. The van der Waals surface area contributed by atoms with E-state index in [0.717, 1.165) is 11.1 Å². The molecule has 1 aliphatic heterocycles. The minimum atomic E-state index is -0.302. The smallest absolute Gasteiger partial charge is 0.225 e. The van der Waals surface area contributed by atoms with E-state index >= 15 is 0 Å². The summed E-state index contributed by atoms with van der Waals surface area (Å²) in [6, 6.07) is 17.2. The molecule has 1 N–H and O–H groups in total. The SMILES string of the molecule is O=C(NCc1ccccc1Cl)[C@H]1CC(=O)N(Cc2ccccc2)C1. The largest absolute Gasteiger partial charge is 0.352 e. The second-order valence-electron chi connectivity index (χ2n) is 5.97. The predicted molar refractivity (Wildman–Crippen MR) is 93.3 cm³/mol. The lowest BCUT2D eigenvalue weighted by molar-refractivity contribution is -0.129. The second kappa shape index (κ2) is 7.49. The first-order valence-electron chi connectivity index (χ1n) is 7.96. The molecule has 5 heteroatoms. The van der Waals surface area contributed by atoms with Crippen LogP contribution in [0.15, 0.2) is 54.6 Å². The Bertz CT molecular complexity index is 733. The molecular weight excluding hydrogens is 324 g/mol. The minimum Gasteiger partial charge on any atom is -0.352 e. The zero-order valence-electron chi connectivity index (χ0n) is 13.2. The molecular formula is C19H19ClN2O2. The summed E-state index contributed by atoms with van der Waals surface area (Å²) in [5.41, 5.74) is 1.95. The third kappa shape index (κ3) is 3.95. The summed E-state index contributed by atoms with van der Waals surface area (Å²) >= 11 is 6.09. The van der Waals surface area contributed by atoms with E-state index in [0.29, 0.717) is 24.7 Å². The number of benzene rings is 2. The van der Waals surface area contributed by atoms with Crippen LogP contribution >= 0.6 is 11.6 Å². The first-order chi connectivity index (χ1) is 11.6. The number of hydrogen-bond donors (Lipinski definition) is 1. The molecule has 1 fully saturated rings. The molecule has 0 spiro atoms. The van der Waals surface area contributed by atoms with Crippen LogP contribution in [0.1, 0.15) is 17.5 Å². The molecule has 0 unspecified atom stereocenters. The van der Waals surface area contributed by atoms with E-state index in [9.17, 15) is 9.59 Å². The third-order valence-corrected chi connectivity index (χ3v) is 4.58. The van der Waals surface area contributed by atoms with Crippen molar-refractivity contribution in [3.8, 4) is 0 Å². The van der Waals surface area contributed by atoms with Crippen molar-refractivity contribution in [2.24, 2.45) is 5.92 Å². The van der Waals surface area contributed by atoms with Gasteiger partial charge in [-0.1, -0.05) is 60.1 Å². The second-order valence-corrected chi connectivity index (χ2v) is 6.38. The summed E-state index contributed by atoms with van der Waals surface area (Å²) in [6.07, 6.45) is 0.265. The van der Waals surface area contributed by atoms with Crippen LogP contribution in [-0.2, 0) is 22.7 Å². The Kier molecular flexibility index (Phi) is 5.16. The highest BCUT2D eigenvalue weighted by Crippen LogP contribution is 2.21. The monoisotopic (exact) mass is 342 g/mol. The Labute approximate surface area is 146 Å². The first-order valence-corrected chi connectivity index (χ1v) is 8.34. The molecule has 124 valence electrons. The lowest BCUT2D eigenvalue weighted by Gasteiger charge is -2.16. The van der Waals surface area contributed by atoms with Gasteiger partial charge in [0.15, 0.2) is 0 Å². The highest BCUT2D eigenvalue weighted by molar-refractivity contribution is 6.31. The topological polar surface area (TPSA) is 49.4 Å². The number of nitrogens with one attached hydrogen (secondary N) is 1. The van der Waals surface area contributed by atoms with E-state index in [1.807, 2.05) is 48.5 Å². The quantitative estimate of drug-likeness (QED) is 0.908. The minimum absolute atomic E-state index is 0.0248. The van der Waals surface area contributed by atoms with Crippen molar-refractivity contribution in [1.29, 1.82) is 0 Å². The molecule has 4 nitrogen and oxygen atoms in total. The lowest BCUT2D eigenvalue weighted by Crippen LogP contribution is -2.32. The van der Waals surface area contributed by atoms with Crippen LogP contribution in [0.3, 0.4) is 0 Å². The third-order valence-electron chi connectivity index (χ3n) is 4.21. The molecule has 1 aliphatic rings. The molecule has 0 bridgehead atoms. The van der Waals surface area contributed by atoms with Crippen molar-refractivity contribution in [3.05, 3.63) is 70.7 Å². The first kappa shape index (κ1) is 16.5. The summed E-state index contributed by atoms with van der Waals surface area (Å²) in [4.78, 5) is 26.2. The maximum absolute atomic E-state index is 12.3. The normalized spacial score (nSPS) is 17.1. The zero-order chi connectivity index (χ0) is 16.9. The molecule has 0 aromatic heterocycles. The predicted octanol–water partition coefficient (Wildman–Crippen LogP) is 3.00. The number of halogens is 1. The van der Waals surface area contributed by atoms with E-state index in [1.165, 1.54) is 0 Å². The number of hydrogen-bond acceptors (Lipinski definition) is 2. The molecule has 1 heterocycles. The van der Waals surface area contributed by atoms with Gasteiger partial charge in [-0.05, 0) is 17.2 Å². The molecule has 0 aliphatic carbocycles. The number of carbonyl (C=O) groups excluding carboxylic acids is 2. The summed E-state index contributed by atoms with van der Waals surface area (Å²) < 4.78 is 0. The van der Waals surface area contributed by atoms with Crippen molar-refractivity contribution in [1.82, 2.24) is 10.2 Å². The van der Waals surface area contributed by atoms with Crippen molar-refractivity contribution in [2.75, 3.05) is 6.54 Å². The van der Waals surface area contributed by atoms with Gasteiger partial charge in [-0.3, -0.25) is 9.59 Å². The molecule has 24 heavy (non-hydrogen) atoms. The molecule has 0 saturated carbocycles. The molecule has 2 amide bonds. The van der Waals surface area contributed by atoms with Crippen molar-refractivity contribution in [2.45, 2.75) is 19.5 Å². The number of rotatable bonds is 5. The van der Waals surface area contributed by atoms with Crippen LogP contribution in [-0.4, -0.2) is 23.3 Å². The van der Waals surface area contributed by atoms with Gasteiger partial charge in [-0.15, -0.1) is 0 Å². The van der Waals surface area contributed by atoms with Crippen molar-refractivity contribution in [3.63, 3.8) is 0 Å². The van der Waals surface area contributed by atoms with Crippen LogP contribution in [0.5, 0.6) is 0 Å². The Morgan fingerprint density at radius 1 is 1.12 bits per heavy atom. The maximum atomic E-state index is 12.3. The molecule has 2 aromatic rings. The van der Waals surface area contributed by atoms with Gasteiger partial charge in [0.25, 0.3) is 0 Å². The maximum Gasteiger partial charge on any atom is 0.225 e. The lowest BCUT2D eigenvalue weighted by atomic mass is 10.1. The Morgan fingerprint density at radius 2 is 1.83 bits per heavy atom. The van der Waals surface area contributed by atoms with Crippen LogP contribution < -0.4 is 5.32 Å². The summed E-state index contributed by atoms with van der Waals surface area (Å²) in [7, 11) is 0. The fourth-order valence-electron chi connectivity index (χ4n) is 2.87. The average molecular weight is 343 g/mol. The van der Waals surface area contributed by atoms with E-state index in [1.54, 1.807) is 11.0 Å². The Morgan fingerprint density at radius 3 is 2.58 bits per heavy atom. The summed E-state index contributed by atoms with van der Waals surface area (Å²) in [5.74, 6) is -0.376. The fraction of sp³-hybridized carbons (Fsp3) is 0.263. The van der Waals surface area contributed by atoms with Crippen molar-refractivity contribution >= 4 is 23.4 Å². The van der Waals surface area contributed by atoms with E-state index in [-0.39, 0.29) is 24.2 Å². The van der Waals surface area contributed by atoms with Gasteiger partial charge in [0.1, 0.15) is 0 Å². The van der Waals surface area contributed by atoms with Crippen LogP contribution in [0, 0.1) is 5.92 Å². The summed E-state index contributed by atoms with van der Waals surface area (Å²) in [5, 5.41) is 3.51. The van der Waals surface area contributed by atoms with Crippen LogP contribution in [0.4, 0.5) is 0 Å². The molecule has 3 rings (SSSR count). The van der Waals surface area contributed by atoms with Gasteiger partial charge in [-0.25, -0.2) is 0 Å². The Hall–Kier alpha value is -2.33. The molecule has 0 radical (unpaired) electrons. The standard InChI is InChI=1S/C19H19ClN2O2/c20-17-9-5-4-8-15(17)11-21-19(24)16-10-18(23)22(13-16)12-14-6-2-1-3-7-14/h1-9,16H,10-13H2,(H,21,24)/t16-/m0/s1. The summed E-state index contributed by atoms with van der Waals surface area (Å²) in [6.45, 7) is 1.39. The Balaban J connectivity index is 1.55. The highest BCUT2D eigenvalue weighted by atomic mass is 35.5. The highest BCUT2D eigenvalue weighted by Gasteiger charge is 2.34.